The molecule has 0 amide bonds. The van der Waals surface area contributed by atoms with E-state index in [9.17, 15) is 23.4 Å². The maximum Gasteiger partial charge on any atom is 0.333 e. The molecule has 1 aromatic rings. The zero-order chi connectivity index (χ0) is 23.1. The first-order chi connectivity index (χ1) is 14.8. The molecule has 0 aliphatic carbocycles. The molecule has 1 rings (SSSR count). The van der Waals surface area contributed by atoms with Crippen LogP contribution in [0.5, 0.6) is 11.8 Å². The van der Waals surface area contributed by atoms with E-state index in [-0.39, 0.29) is 11.2 Å². The highest BCUT2D eigenvalue weighted by atomic mass is 32.2. The van der Waals surface area contributed by atoms with E-state index in [1.807, 2.05) is 0 Å². The van der Waals surface area contributed by atoms with Crippen LogP contribution >= 0.6 is 0 Å². The summed E-state index contributed by atoms with van der Waals surface area (Å²) in [5.74, 6) is -2.58. The van der Waals surface area contributed by atoms with E-state index < -0.39 is 32.7 Å². The average Bonchev–Trinajstić information content (AvgIpc) is 2.99. The van der Waals surface area contributed by atoms with Gasteiger partial charge in [-0.1, -0.05) is 70.4 Å². The number of hydrogen-bond acceptors (Lipinski definition) is 6. The van der Waals surface area contributed by atoms with Gasteiger partial charge in [-0.05, 0) is 32.1 Å². The molecule has 8 nitrogen and oxygen atoms in total. The van der Waals surface area contributed by atoms with Crippen LogP contribution in [0.1, 0.15) is 96.8 Å². The Morgan fingerprint density at radius 2 is 1.45 bits per heavy atom. The van der Waals surface area contributed by atoms with Crippen LogP contribution in [-0.2, 0) is 14.9 Å². The molecule has 0 aromatic carbocycles. The highest BCUT2D eigenvalue weighted by Crippen LogP contribution is 2.30. The van der Waals surface area contributed by atoms with Crippen LogP contribution in [0.4, 0.5) is 0 Å². The van der Waals surface area contributed by atoms with Crippen molar-refractivity contribution in [3.8, 4) is 11.8 Å². The lowest BCUT2D eigenvalue weighted by molar-refractivity contribution is -0.145. The van der Waals surface area contributed by atoms with Gasteiger partial charge in [-0.3, -0.25) is 4.55 Å². The summed E-state index contributed by atoms with van der Waals surface area (Å²) in [5.41, 5.74) is 0. The van der Waals surface area contributed by atoms with Crippen LogP contribution in [0.3, 0.4) is 0 Å². The van der Waals surface area contributed by atoms with Crippen molar-refractivity contribution in [3.63, 3.8) is 0 Å². The molecule has 0 bridgehead atoms. The van der Waals surface area contributed by atoms with E-state index >= 15 is 0 Å². The molecule has 0 unspecified atom stereocenters. The summed E-state index contributed by atoms with van der Waals surface area (Å²) in [4.78, 5) is 15.7. The normalized spacial score (nSPS) is 11.9. The lowest BCUT2D eigenvalue weighted by Gasteiger charge is -2.07. The second-order valence-electron chi connectivity index (χ2n) is 7.76. The molecule has 1 aromatic heterocycles. The van der Waals surface area contributed by atoms with Crippen molar-refractivity contribution in [3.05, 3.63) is 18.2 Å². The summed E-state index contributed by atoms with van der Waals surface area (Å²) >= 11 is 0. The summed E-state index contributed by atoms with van der Waals surface area (Å²) in [6.45, 7) is 2.23. The number of carbonyl (C=O) groups is 1. The third-order valence-corrected chi connectivity index (χ3v) is 5.85. The Balaban J connectivity index is 2.08. The fourth-order valence-electron chi connectivity index (χ4n) is 3.22. The van der Waals surface area contributed by atoms with Crippen LogP contribution in [-0.4, -0.2) is 33.9 Å². The molecule has 9 heteroatoms. The van der Waals surface area contributed by atoms with Gasteiger partial charge in [0, 0.05) is 12.5 Å². The summed E-state index contributed by atoms with van der Waals surface area (Å²) in [6, 6.07) is 0.597. The van der Waals surface area contributed by atoms with Crippen LogP contribution in [0.25, 0.3) is 0 Å². The quantitative estimate of drug-likeness (QED) is 0.167. The van der Waals surface area contributed by atoms with Gasteiger partial charge in [-0.2, -0.15) is 8.42 Å². The highest BCUT2D eigenvalue weighted by Gasteiger charge is 2.25. The molecule has 178 valence electrons. The van der Waals surface area contributed by atoms with Crippen LogP contribution in [0, 0.1) is 0 Å². The van der Waals surface area contributed by atoms with Crippen molar-refractivity contribution in [1.29, 1.82) is 0 Å². The van der Waals surface area contributed by atoms with Gasteiger partial charge in [0.2, 0.25) is 5.88 Å². The van der Waals surface area contributed by atoms with Gasteiger partial charge in [-0.25, -0.2) is 4.79 Å². The van der Waals surface area contributed by atoms with Crippen molar-refractivity contribution >= 4 is 16.1 Å². The number of unbranched alkanes of at least 4 members (excludes halogenated alkanes) is 11. The summed E-state index contributed by atoms with van der Waals surface area (Å²) in [5, 5.41) is 19.3. The van der Waals surface area contributed by atoms with Gasteiger partial charge >= 0.3 is 5.97 Å². The Morgan fingerprint density at radius 3 is 1.97 bits per heavy atom. The number of aromatic hydroxyl groups is 2. The van der Waals surface area contributed by atoms with Gasteiger partial charge in [0.15, 0.2) is 4.90 Å². The Bertz CT molecular complexity index is 784. The predicted octanol–water partition coefficient (Wildman–Crippen LogP) is 5.14. The molecule has 0 saturated heterocycles. The third kappa shape index (κ3) is 11.3. The molecule has 0 spiro atoms. The van der Waals surface area contributed by atoms with Crippen LogP contribution in [0.2, 0.25) is 0 Å². The topological polar surface area (TPSA) is 126 Å². The lowest BCUT2D eigenvalue weighted by atomic mass is 10.1. The Hall–Kier alpha value is -2.00. The molecule has 0 atom stereocenters. The molecule has 1 heterocycles. The van der Waals surface area contributed by atoms with E-state index in [1.165, 1.54) is 38.5 Å². The zero-order valence-corrected chi connectivity index (χ0v) is 19.3. The first-order valence-electron chi connectivity index (χ1n) is 11.2. The van der Waals surface area contributed by atoms with E-state index in [0.29, 0.717) is 12.5 Å². The fraction of sp³-hybridized carbons (Fsp3) is 0.682. The van der Waals surface area contributed by atoms with Gasteiger partial charge in [0.25, 0.3) is 16.0 Å². The number of hydrogen-bond donors (Lipinski definition) is 3. The Labute approximate surface area is 185 Å². The summed E-state index contributed by atoms with van der Waals surface area (Å²) in [6.07, 6.45) is 19.3. The standard InChI is InChI=1S/C22H37NO7S/c1-2-3-4-5-6-7-8-9-10-11-12-13-14-15-16-17-21(25)30-23-20(24)18-19(22(23)26)31(27,28)29/h9-10,18,24,26H,2-8,11-17H2,1H3,(H,27,28,29). The summed E-state index contributed by atoms with van der Waals surface area (Å²) < 4.78 is 31.3. The first-order valence-corrected chi connectivity index (χ1v) is 12.7. The van der Waals surface area contributed by atoms with Gasteiger partial charge in [0.1, 0.15) is 0 Å². The summed E-state index contributed by atoms with van der Waals surface area (Å²) in [7, 11) is -4.74. The molecule has 0 radical (unpaired) electrons. The minimum absolute atomic E-state index is 0.0659. The predicted molar refractivity (Wildman–Crippen MR) is 119 cm³/mol. The number of rotatable bonds is 17. The van der Waals surface area contributed by atoms with Crippen molar-refractivity contribution in [2.75, 3.05) is 0 Å². The number of aromatic nitrogens is 1. The molecular weight excluding hydrogens is 422 g/mol. The van der Waals surface area contributed by atoms with Gasteiger partial charge in [0.05, 0.1) is 0 Å². The number of carbonyl (C=O) groups excluding carboxylic acids is 1. The number of allylic oxidation sites excluding steroid dienone is 2. The van der Waals surface area contributed by atoms with Crippen molar-refractivity contribution in [1.82, 2.24) is 4.73 Å². The van der Waals surface area contributed by atoms with Crippen molar-refractivity contribution in [2.24, 2.45) is 0 Å². The highest BCUT2D eigenvalue weighted by molar-refractivity contribution is 7.86. The smallest absolute Gasteiger partial charge is 0.333 e. The first kappa shape index (κ1) is 27.0. The largest absolute Gasteiger partial charge is 0.492 e. The fourth-order valence-corrected chi connectivity index (χ4v) is 3.78. The van der Waals surface area contributed by atoms with Gasteiger partial charge in [-0.15, -0.1) is 4.73 Å². The monoisotopic (exact) mass is 459 g/mol. The lowest BCUT2D eigenvalue weighted by Crippen LogP contribution is -2.18. The van der Waals surface area contributed by atoms with E-state index in [4.69, 9.17) is 9.39 Å². The number of nitrogens with zero attached hydrogens (tertiary/aromatic N) is 1. The Morgan fingerprint density at radius 1 is 0.935 bits per heavy atom. The molecule has 0 fully saturated rings. The zero-order valence-electron chi connectivity index (χ0n) is 18.5. The average molecular weight is 460 g/mol. The molecular formula is C22H37NO7S. The second-order valence-corrected chi connectivity index (χ2v) is 9.15. The van der Waals surface area contributed by atoms with Crippen LogP contribution in [0.15, 0.2) is 23.1 Å². The molecule has 0 saturated carbocycles. The molecule has 31 heavy (non-hydrogen) atoms. The van der Waals surface area contributed by atoms with E-state index in [1.54, 1.807) is 0 Å². The van der Waals surface area contributed by atoms with Crippen LogP contribution < -0.4 is 4.84 Å². The maximum absolute atomic E-state index is 11.8. The third-order valence-electron chi connectivity index (χ3n) is 4.99. The van der Waals surface area contributed by atoms with E-state index in [0.717, 1.165) is 38.5 Å². The minimum atomic E-state index is -4.74. The maximum atomic E-state index is 11.8. The molecule has 0 aliphatic heterocycles. The van der Waals surface area contributed by atoms with E-state index in [2.05, 4.69) is 19.1 Å². The van der Waals surface area contributed by atoms with Crippen molar-refractivity contribution in [2.45, 2.75) is 102 Å². The minimum Gasteiger partial charge on any atom is -0.492 e. The molecule has 3 N–H and O–H groups in total. The second kappa shape index (κ2) is 14.9. The van der Waals surface area contributed by atoms with Crippen molar-refractivity contribution < 1.29 is 32.8 Å². The Kier molecular flexibility index (Phi) is 13.0. The van der Waals surface area contributed by atoms with Gasteiger partial charge < -0.3 is 15.1 Å². The molecule has 0 aliphatic rings. The SMILES string of the molecule is CCCCCCCCC=CCCCCCCCC(=O)On1c(O)cc(S(=O)(=O)O)c1O.